The molecule has 0 amide bonds. The molecular formula is C27H43NO3. The maximum absolute atomic E-state index is 10.2. The van der Waals surface area contributed by atoms with Gasteiger partial charge >= 0.3 is 0 Å². The van der Waals surface area contributed by atoms with Gasteiger partial charge in [0.1, 0.15) is 0 Å². The molecule has 4 aliphatic rings. The van der Waals surface area contributed by atoms with Crippen molar-refractivity contribution in [1.82, 2.24) is 4.90 Å². The number of allylic oxidation sites excluding steroid dienone is 3. The van der Waals surface area contributed by atoms with Gasteiger partial charge in [-0.2, -0.15) is 0 Å². The van der Waals surface area contributed by atoms with E-state index in [1.165, 1.54) is 38.6 Å². The van der Waals surface area contributed by atoms with E-state index in [9.17, 15) is 10.2 Å². The Balaban J connectivity index is 1.48. The Morgan fingerprint density at radius 3 is 2.87 bits per heavy atom. The van der Waals surface area contributed by atoms with Gasteiger partial charge in [0.05, 0.1) is 25.4 Å². The first-order valence-corrected chi connectivity index (χ1v) is 12.6. The summed E-state index contributed by atoms with van der Waals surface area (Å²) >= 11 is 0. The van der Waals surface area contributed by atoms with Gasteiger partial charge in [0.25, 0.3) is 0 Å². The minimum Gasteiger partial charge on any atom is -0.393 e. The zero-order valence-corrected chi connectivity index (χ0v) is 19.9. The minimum atomic E-state index is -0.607. The van der Waals surface area contributed by atoms with Crippen LogP contribution < -0.4 is 0 Å². The van der Waals surface area contributed by atoms with Gasteiger partial charge in [0, 0.05) is 25.6 Å². The maximum Gasteiger partial charge on any atom is 0.0811 e. The van der Waals surface area contributed by atoms with Crippen molar-refractivity contribution in [2.24, 2.45) is 23.2 Å². The van der Waals surface area contributed by atoms with Gasteiger partial charge in [-0.1, -0.05) is 38.2 Å². The van der Waals surface area contributed by atoms with E-state index < -0.39 is 12.2 Å². The third-order valence-electron chi connectivity index (χ3n) is 9.02. The molecule has 3 saturated carbocycles. The van der Waals surface area contributed by atoms with Crippen molar-refractivity contribution in [3.05, 3.63) is 35.5 Å². The molecule has 4 rings (SSSR count). The van der Waals surface area contributed by atoms with E-state index in [1.54, 1.807) is 5.57 Å². The molecule has 4 nitrogen and oxygen atoms in total. The summed E-state index contributed by atoms with van der Waals surface area (Å²) in [5, 5.41) is 20.2. The topological polar surface area (TPSA) is 52.9 Å². The number of hydrogen-bond donors (Lipinski definition) is 2. The van der Waals surface area contributed by atoms with Crippen molar-refractivity contribution < 1.29 is 14.9 Å². The molecule has 4 fully saturated rings. The van der Waals surface area contributed by atoms with Gasteiger partial charge in [0.2, 0.25) is 0 Å². The Morgan fingerprint density at radius 1 is 1.29 bits per heavy atom. The molecule has 31 heavy (non-hydrogen) atoms. The second-order valence-electron chi connectivity index (χ2n) is 11.1. The summed E-state index contributed by atoms with van der Waals surface area (Å²) in [6.07, 6.45) is 10.9. The van der Waals surface area contributed by atoms with Crippen LogP contribution in [0.3, 0.4) is 0 Å². The number of fused-ring (bicyclic) bond motifs is 1. The smallest absolute Gasteiger partial charge is 0.0811 e. The molecular weight excluding hydrogens is 386 g/mol. The van der Waals surface area contributed by atoms with Gasteiger partial charge in [0.15, 0.2) is 0 Å². The van der Waals surface area contributed by atoms with Gasteiger partial charge < -0.3 is 14.9 Å². The highest BCUT2D eigenvalue weighted by Gasteiger charge is 2.50. The number of aliphatic hydroxyl groups is 2. The van der Waals surface area contributed by atoms with Gasteiger partial charge in [-0.3, -0.25) is 4.90 Å². The van der Waals surface area contributed by atoms with Crippen molar-refractivity contribution >= 4 is 0 Å². The lowest BCUT2D eigenvalue weighted by atomic mass is 9.61. The summed E-state index contributed by atoms with van der Waals surface area (Å²) in [5.74, 6) is 2.15. The van der Waals surface area contributed by atoms with Crippen molar-refractivity contribution in [3.63, 3.8) is 0 Å². The molecule has 2 N–H and O–H groups in total. The van der Waals surface area contributed by atoms with Crippen LogP contribution in [-0.2, 0) is 4.74 Å². The molecule has 0 aromatic rings. The van der Waals surface area contributed by atoms with E-state index in [0.717, 1.165) is 36.8 Å². The minimum absolute atomic E-state index is 0.389. The first kappa shape index (κ1) is 23.2. The lowest BCUT2D eigenvalue weighted by Crippen LogP contribution is -2.47. The third kappa shape index (κ3) is 4.73. The zero-order chi connectivity index (χ0) is 22.2. The van der Waals surface area contributed by atoms with E-state index in [4.69, 9.17) is 4.74 Å². The zero-order valence-electron chi connectivity index (χ0n) is 19.9. The van der Waals surface area contributed by atoms with Gasteiger partial charge in [-0.25, -0.2) is 0 Å². The van der Waals surface area contributed by atoms with Crippen LogP contribution in [0.15, 0.2) is 35.5 Å². The van der Waals surface area contributed by atoms with E-state index >= 15 is 0 Å². The summed E-state index contributed by atoms with van der Waals surface area (Å²) < 4.78 is 5.64. The average Bonchev–Trinajstić information content (AvgIpc) is 3.09. The first-order chi connectivity index (χ1) is 14.8. The average molecular weight is 430 g/mol. The standard InChI is InChI=1S/C27H43NO3/c1-18(16-28-12-13-31-17-19(28)2)24-9-10-25-21(6-5-11-27(24,25)4)7-8-22-14-23(29)15-26(30)20(22)3/h7-8,18-19,23-26,29-30H,3,5-6,9-17H2,1-2,4H3/b21-7+,22-8-/t18?,19-,23+,24+,25-,26-,27+/m0/s1. The summed E-state index contributed by atoms with van der Waals surface area (Å²) in [4.78, 5) is 2.64. The fraction of sp³-hybridized carbons (Fsp3) is 0.778. The largest absolute Gasteiger partial charge is 0.393 e. The number of rotatable bonds is 4. The highest BCUT2D eigenvalue weighted by molar-refractivity contribution is 5.38. The molecule has 3 aliphatic carbocycles. The number of aliphatic hydroxyl groups excluding tert-OH is 2. The molecule has 0 bridgehead atoms. The second kappa shape index (κ2) is 9.51. The Hall–Kier alpha value is -0.940. The molecule has 174 valence electrons. The molecule has 0 aromatic carbocycles. The molecule has 1 unspecified atom stereocenters. The lowest BCUT2D eigenvalue weighted by molar-refractivity contribution is -0.0176. The van der Waals surface area contributed by atoms with Crippen molar-refractivity contribution in [2.45, 2.75) is 84.0 Å². The quantitative estimate of drug-likeness (QED) is 0.692. The fourth-order valence-corrected chi connectivity index (χ4v) is 7.21. The van der Waals surface area contributed by atoms with Crippen molar-refractivity contribution in [3.8, 4) is 0 Å². The first-order valence-electron chi connectivity index (χ1n) is 12.6. The van der Waals surface area contributed by atoms with Crippen molar-refractivity contribution in [2.75, 3.05) is 26.3 Å². The van der Waals surface area contributed by atoms with Crippen LogP contribution >= 0.6 is 0 Å². The Bertz CT molecular complexity index is 728. The van der Waals surface area contributed by atoms with Crippen LogP contribution in [0.25, 0.3) is 0 Å². The van der Waals surface area contributed by atoms with Crippen LogP contribution in [0.1, 0.15) is 65.7 Å². The van der Waals surface area contributed by atoms with Crippen LogP contribution in [0.4, 0.5) is 0 Å². The van der Waals surface area contributed by atoms with Crippen molar-refractivity contribution in [1.29, 1.82) is 0 Å². The Labute approximate surface area is 189 Å². The second-order valence-corrected chi connectivity index (χ2v) is 11.1. The monoisotopic (exact) mass is 429 g/mol. The fourth-order valence-electron chi connectivity index (χ4n) is 7.21. The van der Waals surface area contributed by atoms with Crippen LogP contribution in [0.5, 0.6) is 0 Å². The molecule has 1 aliphatic heterocycles. The normalized spacial score (nSPS) is 43.4. The summed E-state index contributed by atoms with van der Waals surface area (Å²) in [5.41, 5.74) is 3.78. The summed E-state index contributed by atoms with van der Waals surface area (Å²) in [6.45, 7) is 15.4. The Morgan fingerprint density at radius 2 is 2.10 bits per heavy atom. The molecule has 7 atom stereocenters. The third-order valence-corrected chi connectivity index (χ3v) is 9.02. The Kier molecular flexibility index (Phi) is 7.12. The molecule has 4 heteroatoms. The molecule has 1 saturated heterocycles. The summed E-state index contributed by atoms with van der Waals surface area (Å²) in [6, 6.07) is 0.531. The van der Waals surface area contributed by atoms with Gasteiger partial charge in [-0.05, 0) is 79.8 Å². The van der Waals surface area contributed by atoms with E-state index in [-0.39, 0.29) is 0 Å². The molecule has 0 spiro atoms. The van der Waals surface area contributed by atoms with Crippen LogP contribution in [-0.4, -0.2) is 59.7 Å². The predicted octanol–water partition coefficient (Wildman–Crippen LogP) is 4.48. The lowest BCUT2D eigenvalue weighted by Gasteiger charge is -2.46. The molecule has 0 aromatic heterocycles. The van der Waals surface area contributed by atoms with Crippen LogP contribution in [0, 0.1) is 23.2 Å². The highest BCUT2D eigenvalue weighted by atomic mass is 16.5. The van der Waals surface area contributed by atoms with Crippen LogP contribution in [0.2, 0.25) is 0 Å². The van der Waals surface area contributed by atoms with E-state index in [2.05, 4.69) is 44.4 Å². The number of ether oxygens (including phenoxy) is 1. The van der Waals surface area contributed by atoms with Gasteiger partial charge in [-0.15, -0.1) is 0 Å². The SMILES string of the molecule is C=C1/C(=C\C=C2/CCC[C@]3(C)[C@@H](C(C)CN4CCOC[C@@H]4C)CC[C@@H]23)C[C@@H](O)C[C@@H]1O. The predicted molar refractivity (Wildman–Crippen MR) is 126 cm³/mol. The highest BCUT2D eigenvalue weighted by Crippen LogP contribution is 2.59. The molecule has 1 heterocycles. The maximum atomic E-state index is 10.2. The molecule has 0 radical (unpaired) electrons. The summed E-state index contributed by atoms with van der Waals surface area (Å²) in [7, 11) is 0. The van der Waals surface area contributed by atoms with E-state index in [1.807, 2.05) is 0 Å². The number of hydrogen-bond acceptors (Lipinski definition) is 4. The number of nitrogens with zero attached hydrogens (tertiary/aromatic N) is 1. The van der Waals surface area contributed by atoms with E-state index in [0.29, 0.717) is 36.1 Å². The number of morpholine rings is 1.